The normalized spacial score (nSPS) is 17.2. The van der Waals surface area contributed by atoms with Crippen LogP contribution in [0, 0.1) is 0 Å². The molecule has 0 bridgehead atoms. The van der Waals surface area contributed by atoms with Gasteiger partial charge in [0.1, 0.15) is 6.54 Å². The van der Waals surface area contributed by atoms with Crippen molar-refractivity contribution in [2.45, 2.75) is 50.6 Å². The minimum atomic E-state index is -3.64. The lowest BCUT2D eigenvalue weighted by molar-refractivity contribution is -0.143. The van der Waals surface area contributed by atoms with Crippen molar-refractivity contribution in [1.29, 1.82) is 0 Å². The van der Waals surface area contributed by atoms with E-state index in [4.69, 9.17) is 4.74 Å². The smallest absolute Gasteiger partial charge is 0.326 e. The van der Waals surface area contributed by atoms with E-state index in [1.807, 2.05) is 43.3 Å². The molecule has 1 unspecified atom stereocenters. The van der Waals surface area contributed by atoms with E-state index in [-0.39, 0.29) is 29.7 Å². The van der Waals surface area contributed by atoms with Gasteiger partial charge >= 0.3 is 5.97 Å². The number of carbonyl (C=O) groups excluding carboxylic acids is 2. The molecule has 0 radical (unpaired) electrons. The Morgan fingerprint density at radius 2 is 1.82 bits per heavy atom. The fourth-order valence-electron chi connectivity index (χ4n) is 4.86. The van der Waals surface area contributed by atoms with E-state index in [1.165, 1.54) is 39.9 Å². The number of aromatic nitrogens is 1. The average Bonchev–Trinajstić information content (AvgIpc) is 3.26. The molecule has 38 heavy (non-hydrogen) atoms. The van der Waals surface area contributed by atoms with Crippen LogP contribution in [-0.4, -0.2) is 48.4 Å². The molecule has 1 aliphatic rings. The Bertz CT molecular complexity index is 1690. The zero-order chi connectivity index (χ0) is 26.9. The molecule has 1 aromatic heterocycles. The molecule has 2 heterocycles. The van der Waals surface area contributed by atoms with Gasteiger partial charge in [-0.15, -0.1) is 0 Å². The highest BCUT2D eigenvalue weighted by atomic mass is 32.2. The summed E-state index contributed by atoms with van der Waals surface area (Å²) in [6.07, 6.45) is 2.70. The second kappa shape index (κ2) is 10.8. The number of fused-ring (bicyclic) bond motifs is 3. The minimum absolute atomic E-state index is 0.0519. The van der Waals surface area contributed by atoms with Gasteiger partial charge in [0.05, 0.1) is 21.7 Å². The van der Waals surface area contributed by atoms with Crippen LogP contribution in [0.1, 0.15) is 43.5 Å². The van der Waals surface area contributed by atoms with Gasteiger partial charge in [0, 0.05) is 23.5 Å². The second-order valence-electron chi connectivity index (χ2n) is 9.31. The third kappa shape index (κ3) is 5.03. The summed E-state index contributed by atoms with van der Waals surface area (Å²) in [5, 5.41) is 2.05. The monoisotopic (exact) mass is 551 g/mol. The molecule has 1 saturated heterocycles. The van der Waals surface area contributed by atoms with E-state index < -0.39 is 21.9 Å². The van der Waals surface area contributed by atoms with Gasteiger partial charge in [-0.2, -0.15) is 9.30 Å². The molecule has 0 spiro atoms. The lowest BCUT2D eigenvalue weighted by atomic mass is 10.1. The number of nitrogens with zero attached hydrogens (tertiary/aromatic N) is 3. The van der Waals surface area contributed by atoms with Crippen molar-refractivity contribution < 1.29 is 22.7 Å². The molecular weight excluding hydrogens is 522 g/mol. The number of carbonyl (C=O) groups is 2. The highest BCUT2D eigenvalue weighted by molar-refractivity contribution is 7.89. The SMILES string of the molecule is CCOC(=O)Cn1c(=NC(=O)c2ccc(S(=O)(=O)N3CCCCC3C)cc2)sc2c3ccccc3ccc21. The Labute approximate surface area is 225 Å². The number of piperidine rings is 1. The zero-order valence-corrected chi connectivity index (χ0v) is 22.9. The summed E-state index contributed by atoms with van der Waals surface area (Å²) in [5.74, 6) is -0.940. The van der Waals surface area contributed by atoms with Gasteiger partial charge in [0.2, 0.25) is 10.0 Å². The molecule has 0 aliphatic carbocycles. The molecule has 1 fully saturated rings. The van der Waals surface area contributed by atoms with Crippen molar-refractivity contribution in [3.8, 4) is 0 Å². The molecule has 1 atom stereocenters. The number of benzene rings is 3. The van der Waals surface area contributed by atoms with Crippen LogP contribution in [0.15, 0.2) is 70.6 Å². The van der Waals surface area contributed by atoms with Crippen molar-refractivity contribution in [1.82, 2.24) is 8.87 Å². The van der Waals surface area contributed by atoms with Crippen LogP contribution in [0.5, 0.6) is 0 Å². The first-order valence-corrected chi connectivity index (χ1v) is 14.9. The molecule has 4 aromatic rings. The van der Waals surface area contributed by atoms with Crippen LogP contribution in [0.3, 0.4) is 0 Å². The maximum Gasteiger partial charge on any atom is 0.326 e. The first kappa shape index (κ1) is 26.3. The maximum absolute atomic E-state index is 13.2. The maximum atomic E-state index is 13.2. The van der Waals surface area contributed by atoms with Crippen molar-refractivity contribution in [2.75, 3.05) is 13.2 Å². The lowest BCUT2D eigenvalue weighted by Gasteiger charge is -2.32. The molecule has 198 valence electrons. The van der Waals surface area contributed by atoms with Gasteiger partial charge in [-0.3, -0.25) is 9.59 Å². The molecule has 8 nitrogen and oxygen atoms in total. The van der Waals surface area contributed by atoms with Crippen molar-refractivity contribution in [3.63, 3.8) is 0 Å². The molecule has 1 amide bonds. The molecule has 3 aromatic carbocycles. The van der Waals surface area contributed by atoms with Gasteiger partial charge in [0.15, 0.2) is 4.80 Å². The predicted molar refractivity (Wildman–Crippen MR) is 147 cm³/mol. The number of sulfonamides is 1. The van der Waals surface area contributed by atoms with Crippen LogP contribution >= 0.6 is 11.3 Å². The van der Waals surface area contributed by atoms with Gasteiger partial charge in [-0.25, -0.2) is 8.42 Å². The molecule has 0 saturated carbocycles. The summed E-state index contributed by atoms with van der Waals surface area (Å²) < 4.78 is 35.6. The molecule has 1 aliphatic heterocycles. The Morgan fingerprint density at radius 3 is 2.55 bits per heavy atom. The third-order valence-corrected chi connectivity index (χ3v) is 9.97. The number of amides is 1. The number of esters is 1. The first-order chi connectivity index (χ1) is 18.3. The Hall–Kier alpha value is -3.34. The Kier molecular flexibility index (Phi) is 7.47. The Morgan fingerprint density at radius 1 is 1.05 bits per heavy atom. The average molecular weight is 552 g/mol. The largest absolute Gasteiger partial charge is 0.465 e. The van der Waals surface area contributed by atoms with E-state index in [0.717, 1.165) is 40.3 Å². The van der Waals surface area contributed by atoms with Gasteiger partial charge in [-0.1, -0.05) is 48.1 Å². The van der Waals surface area contributed by atoms with Crippen molar-refractivity contribution >= 4 is 54.2 Å². The summed E-state index contributed by atoms with van der Waals surface area (Å²) in [5.41, 5.74) is 1.05. The van der Waals surface area contributed by atoms with Crippen LogP contribution in [0.25, 0.3) is 21.0 Å². The van der Waals surface area contributed by atoms with E-state index in [0.29, 0.717) is 11.3 Å². The fraction of sp³-hybridized carbons (Fsp3) is 0.321. The minimum Gasteiger partial charge on any atom is -0.465 e. The number of hydrogen-bond acceptors (Lipinski definition) is 6. The van der Waals surface area contributed by atoms with Gasteiger partial charge < -0.3 is 9.30 Å². The summed E-state index contributed by atoms with van der Waals surface area (Å²) in [4.78, 5) is 30.5. The fourth-order valence-corrected chi connectivity index (χ4v) is 7.72. The molecule has 0 N–H and O–H groups in total. The molecule has 5 rings (SSSR count). The molecule has 10 heteroatoms. The summed E-state index contributed by atoms with van der Waals surface area (Å²) in [6, 6.07) is 17.6. The van der Waals surface area contributed by atoms with E-state index in [9.17, 15) is 18.0 Å². The standard InChI is InChI=1S/C28H29N3O5S2/c1-3-36-25(32)18-30-24-16-13-20-9-4-5-10-23(20)26(24)37-28(30)29-27(33)21-11-14-22(15-12-21)38(34,35)31-17-7-6-8-19(31)2/h4-5,9-16,19H,3,6-8,17-18H2,1-2H3. The van der Waals surface area contributed by atoms with E-state index >= 15 is 0 Å². The highest BCUT2D eigenvalue weighted by Crippen LogP contribution is 2.28. The lowest BCUT2D eigenvalue weighted by Crippen LogP contribution is -2.41. The van der Waals surface area contributed by atoms with E-state index in [2.05, 4.69) is 4.99 Å². The first-order valence-electron chi connectivity index (χ1n) is 12.7. The number of hydrogen-bond donors (Lipinski definition) is 0. The third-order valence-electron chi connectivity index (χ3n) is 6.81. The second-order valence-corrected chi connectivity index (χ2v) is 12.2. The quantitative estimate of drug-likeness (QED) is 0.323. The van der Waals surface area contributed by atoms with Crippen LogP contribution in [-0.2, 0) is 26.1 Å². The van der Waals surface area contributed by atoms with Crippen LogP contribution in [0.4, 0.5) is 0 Å². The highest BCUT2D eigenvalue weighted by Gasteiger charge is 2.31. The predicted octanol–water partition coefficient (Wildman–Crippen LogP) is 4.72. The number of ether oxygens (including phenoxy) is 1. The molecular formula is C28H29N3O5S2. The van der Waals surface area contributed by atoms with Crippen LogP contribution in [0.2, 0.25) is 0 Å². The topological polar surface area (TPSA) is 98.0 Å². The van der Waals surface area contributed by atoms with Crippen LogP contribution < -0.4 is 4.80 Å². The van der Waals surface area contributed by atoms with E-state index in [1.54, 1.807) is 11.5 Å². The van der Waals surface area contributed by atoms with Crippen molar-refractivity contribution in [3.05, 3.63) is 71.0 Å². The zero-order valence-electron chi connectivity index (χ0n) is 21.3. The summed E-state index contributed by atoms with van der Waals surface area (Å²) >= 11 is 1.33. The summed E-state index contributed by atoms with van der Waals surface area (Å²) in [6.45, 7) is 4.34. The Balaban J connectivity index is 1.52. The number of thiazole rings is 1. The summed E-state index contributed by atoms with van der Waals surface area (Å²) in [7, 11) is -3.64. The van der Waals surface area contributed by atoms with Crippen molar-refractivity contribution in [2.24, 2.45) is 4.99 Å². The number of rotatable bonds is 6. The van der Waals surface area contributed by atoms with Gasteiger partial charge in [-0.05, 0) is 62.4 Å². The van der Waals surface area contributed by atoms with Gasteiger partial charge in [0.25, 0.3) is 5.91 Å².